The molecule has 0 aliphatic rings. The second-order valence-corrected chi connectivity index (χ2v) is 7.68. The molecule has 0 aliphatic carbocycles. The van der Waals surface area contributed by atoms with Gasteiger partial charge < -0.3 is 15.2 Å². The van der Waals surface area contributed by atoms with Gasteiger partial charge in [-0.25, -0.2) is 4.79 Å². The van der Waals surface area contributed by atoms with Gasteiger partial charge in [-0.05, 0) is 65.6 Å². The van der Waals surface area contributed by atoms with Gasteiger partial charge >= 0.3 is 5.97 Å². The first-order valence-corrected chi connectivity index (χ1v) is 10.5. The summed E-state index contributed by atoms with van der Waals surface area (Å²) in [4.78, 5) is 23.8. The van der Waals surface area contributed by atoms with E-state index in [9.17, 15) is 14.7 Å². The Bertz CT molecular complexity index is 1110. The predicted molar refractivity (Wildman–Crippen MR) is 122 cm³/mol. The van der Waals surface area contributed by atoms with Gasteiger partial charge in [-0.3, -0.25) is 4.79 Å². The highest BCUT2D eigenvalue weighted by Crippen LogP contribution is 2.27. The molecule has 0 fully saturated rings. The number of carboxylic acids is 1. The third kappa shape index (κ3) is 5.78. The van der Waals surface area contributed by atoms with E-state index in [4.69, 9.17) is 27.9 Å². The minimum absolute atomic E-state index is 0.189. The van der Waals surface area contributed by atoms with Gasteiger partial charge in [-0.1, -0.05) is 48.3 Å². The van der Waals surface area contributed by atoms with Crippen LogP contribution in [0.2, 0.25) is 10.0 Å². The number of ether oxygens (including phenoxy) is 1. The summed E-state index contributed by atoms with van der Waals surface area (Å²) >= 11 is 12.6. The number of hydrogen-bond acceptors (Lipinski definition) is 3. The Hall–Kier alpha value is -3.02. The lowest BCUT2D eigenvalue weighted by molar-refractivity contribution is 0.0696. The molecule has 0 saturated carbocycles. The smallest absolute Gasteiger partial charge is 0.335 e. The van der Waals surface area contributed by atoms with Crippen molar-refractivity contribution in [1.82, 2.24) is 5.32 Å². The maximum atomic E-state index is 12.6. The van der Waals surface area contributed by atoms with Crippen LogP contribution in [0.15, 0.2) is 60.7 Å². The molecule has 0 spiro atoms. The van der Waals surface area contributed by atoms with Crippen LogP contribution in [0.3, 0.4) is 0 Å². The van der Waals surface area contributed by atoms with Gasteiger partial charge in [0.25, 0.3) is 5.91 Å². The van der Waals surface area contributed by atoms with Crippen molar-refractivity contribution < 1.29 is 19.4 Å². The maximum absolute atomic E-state index is 12.6. The quantitative estimate of drug-likeness (QED) is 0.429. The number of carboxylic acid groups (broad SMARTS) is 1. The molecule has 0 heterocycles. The van der Waals surface area contributed by atoms with E-state index in [1.807, 2.05) is 19.1 Å². The van der Waals surface area contributed by atoms with Gasteiger partial charge in [0.2, 0.25) is 0 Å². The van der Waals surface area contributed by atoms with Crippen LogP contribution < -0.4 is 10.1 Å². The number of carbonyl (C=O) groups excluding carboxylic acids is 1. The standard InChI is InChI=1S/C24H21Cl2NO4/c1-2-10-31-19-7-8-20(22(26)13-19)23(28)27-14-18-12-16(6-9-21(18)25)15-4-3-5-17(11-15)24(29)30/h3-9,11-13H,2,10,14H2,1H3,(H,27,28)(H,29,30). The molecular weight excluding hydrogens is 437 g/mol. The molecule has 0 atom stereocenters. The number of amides is 1. The third-order valence-electron chi connectivity index (χ3n) is 4.59. The summed E-state index contributed by atoms with van der Waals surface area (Å²) in [6.07, 6.45) is 0.875. The number of rotatable bonds is 8. The summed E-state index contributed by atoms with van der Waals surface area (Å²) in [5, 5.41) is 12.8. The average molecular weight is 458 g/mol. The number of nitrogens with one attached hydrogen (secondary N) is 1. The molecule has 31 heavy (non-hydrogen) atoms. The molecule has 5 nitrogen and oxygen atoms in total. The van der Waals surface area contributed by atoms with Crippen molar-refractivity contribution in [2.24, 2.45) is 0 Å². The summed E-state index contributed by atoms with van der Waals surface area (Å²) < 4.78 is 5.52. The zero-order valence-electron chi connectivity index (χ0n) is 16.8. The molecule has 0 radical (unpaired) electrons. The zero-order chi connectivity index (χ0) is 22.4. The summed E-state index contributed by atoms with van der Waals surface area (Å²) in [7, 11) is 0. The Morgan fingerprint density at radius 3 is 2.45 bits per heavy atom. The first kappa shape index (κ1) is 22.7. The second-order valence-electron chi connectivity index (χ2n) is 6.86. The second kappa shape index (κ2) is 10.3. The van der Waals surface area contributed by atoms with Gasteiger partial charge in [-0.2, -0.15) is 0 Å². The highest BCUT2D eigenvalue weighted by Gasteiger charge is 2.13. The van der Waals surface area contributed by atoms with Gasteiger partial charge in [0.05, 0.1) is 22.8 Å². The van der Waals surface area contributed by atoms with E-state index in [0.29, 0.717) is 33.5 Å². The lowest BCUT2D eigenvalue weighted by atomic mass is 10.0. The van der Waals surface area contributed by atoms with Gasteiger partial charge in [0, 0.05) is 11.6 Å². The van der Waals surface area contributed by atoms with Crippen LogP contribution >= 0.6 is 23.2 Å². The van der Waals surface area contributed by atoms with Crippen molar-refractivity contribution in [3.05, 3.63) is 87.4 Å². The number of carbonyl (C=O) groups is 2. The topological polar surface area (TPSA) is 75.6 Å². The molecule has 3 rings (SSSR count). The van der Waals surface area contributed by atoms with E-state index in [2.05, 4.69) is 5.32 Å². The largest absolute Gasteiger partial charge is 0.494 e. The van der Waals surface area contributed by atoms with E-state index < -0.39 is 5.97 Å². The SMILES string of the molecule is CCCOc1ccc(C(=O)NCc2cc(-c3cccc(C(=O)O)c3)ccc2Cl)c(Cl)c1. The van der Waals surface area contributed by atoms with Crippen molar-refractivity contribution in [3.8, 4) is 16.9 Å². The molecule has 7 heteroatoms. The fraction of sp³-hybridized carbons (Fsp3) is 0.167. The summed E-state index contributed by atoms with van der Waals surface area (Å²) in [6, 6.07) is 16.9. The maximum Gasteiger partial charge on any atom is 0.335 e. The number of benzene rings is 3. The van der Waals surface area contributed by atoms with Crippen molar-refractivity contribution in [3.63, 3.8) is 0 Å². The van der Waals surface area contributed by atoms with Crippen LogP contribution in [0, 0.1) is 0 Å². The van der Waals surface area contributed by atoms with Crippen molar-refractivity contribution >= 4 is 35.1 Å². The molecule has 160 valence electrons. The molecule has 3 aromatic rings. The zero-order valence-corrected chi connectivity index (χ0v) is 18.3. The molecule has 0 bridgehead atoms. The molecule has 0 saturated heterocycles. The van der Waals surface area contributed by atoms with Gasteiger partial charge in [0.15, 0.2) is 0 Å². The van der Waals surface area contributed by atoms with E-state index in [-0.39, 0.29) is 18.0 Å². The van der Waals surface area contributed by atoms with E-state index in [1.165, 1.54) is 6.07 Å². The molecule has 0 aromatic heterocycles. The Morgan fingerprint density at radius 1 is 0.968 bits per heavy atom. The Labute approximate surface area is 190 Å². The third-order valence-corrected chi connectivity index (χ3v) is 5.27. The Kier molecular flexibility index (Phi) is 7.55. The van der Waals surface area contributed by atoms with Gasteiger partial charge in [-0.15, -0.1) is 0 Å². The first-order chi connectivity index (χ1) is 14.9. The molecular formula is C24H21Cl2NO4. The molecule has 3 aromatic carbocycles. The molecule has 0 aliphatic heterocycles. The number of aromatic carboxylic acids is 1. The fourth-order valence-electron chi connectivity index (χ4n) is 2.98. The van der Waals surface area contributed by atoms with Crippen LogP contribution in [0.5, 0.6) is 5.75 Å². The number of hydrogen-bond donors (Lipinski definition) is 2. The Morgan fingerprint density at radius 2 is 1.74 bits per heavy atom. The van der Waals surface area contributed by atoms with Gasteiger partial charge in [0.1, 0.15) is 5.75 Å². The minimum Gasteiger partial charge on any atom is -0.494 e. The normalized spacial score (nSPS) is 10.5. The molecule has 0 unspecified atom stereocenters. The average Bonchev–Trinajstić information content (AvgIpc) is 2.77. The molecule has 1 amide bonds. The van der Waals surface area contributed by atoms with Crippen molar-refractivity contribution in [2.75, 3.05) is 6.61 Å². The Balaban J connectivity index is 1.75. The number of halogens is 2. The van der Waals surface area contributed by atoms with E-state index in [0.717, 1.165) is 17.5 Å². The highest BCUT2D eigenvalue weighted by atomic mass is 35.5. The van der Waals surface area contributed by atoms with Crippen LogP contribution in [0.4, 0.5) is 0 Å². The summed E-state index contributed by atoms with van der Waals surface area (Å²) in [5.74, 6) is -0.713. The predicted octanol–water partition coefficient (Wildman–Crippen LogP) is 6.08. The van der Waals surface area contributed by atoms with Crippen LogP contribution in [-0.4, -0.2) is 23.6 Å². The fourth-order valence-corrected chi connectivity index (χ4v) is 3.42. The first-order valence-electron chi connectivity index (χ1n) is 9.71. The lowest BCUT2D eigenvalue weighted by Gasteiger charge is -2.12. The van der Waals surface area contributed by atoms with Crippen molar-refractivity contribution in [2.45, 2.75) is 19.9 Å². The monoisotopic (exact) mass is 457 g/mol. The van der Waals surface area contributed by atoms with E-state index in [1.54, 1.807) is 42.5 Å². The van der Waals surface area contributed by atoms with Crippen molar-refractivity contribution in [1.29, 1.82) is 0 Å². The summed E-state index contributed by atoms with van der Waals surface area (Å²) in [6.45, 7) is 2.77. The van der Waals surface area contributed by atoms with Crippen LogP contribution in [0.1, 0.15) is 39.6 Å². The lowest BCUT2D eigenvalue weighted by Crippen LogP contribution is -2.23. The highest BCUT2D eigenvalue weighted by molar-refractivity contribution is 6.34. The molecule has 2 N–H and O–H groups in total. The minimum atomic E-state index is -0.994. The summed E-state index contributed by atoms with van der Waals surface area (Å²) in [5.41, 5.74) is 2.78. The van der Waals surface area contributed by atoms with E-state index >= 15 is 0 Å². The van der Waals surface area contributed by atoms with Crippen LogP contribution in [0.25, 0.3) is 11.1 Å². The van der Waals surface area contributed by atoms with Crippen LogP contribution in [-0.2, 0) is 6.54 Å².